The third-order valence-corrected chi connectivity index (χ3v) is 1.09. The first-order valence-electron chi connectivity index (χ1n) is 3.55. The van der Waals surface area contributed by atoms with Gasteiger partial charge in [-0.15, -0.1) is 0 Å². The van der Waals surface area contributed by atoms with Crippen LogP contribution in [0.1, 0.15) is 19.8 Å². The van der Waals surface area contributed by atoms with Gasteiger partial charge in [-0.3, -0.25) is 11.3 Å². The molecule has 0 saturated carbocycles. The van der Waals surface area contributed by atoms with Crippen LogP contribution in [-0.4, -0.2) is 13.1 Å². The van der Waals surface area contributed by atoms with Gasteiger partial charge in [0, 0.05) is 32.7 Å². The Balaban J connectivity index is -0.000000500. The molecule has 3 nitrogen and oxygen atoms in total. The molecule has 0 aliphatic rings. The van der Waals surface area contributed by atoms with Crippen LogP contribution in [-0.2, 0) is 60.8 Å². The van der Waals surface area contributed by atoms with E-state index < -0.39 is 0 Å². The van der Waals surface area contributed by atoms with E-state index in [2.05, 4.69) is 10.1 Å². The largest absolute Gasteiger partial charge is 2.00 e. The Hall–Kier alpha value is 1.12. The molecule has 0 aromatic heterocycles. The van der Waals surface area contributed by atoms with Crippen LogP contribution in [0.2, 0.25) is 0 Å². The molecule has 0 rings (SSSR count). The number of hydrogen-bond acceptors (Lipinski definition) is 3. The molecule has 13 heavy (non-hydrogen) atoms. The molecule has 0 fully saturated rings. The van der Waals surface area contributed by atoms with Crippen LogP contribution in [0.3, 0.4) is 0 Å². The van der Waals surface area contributed by atoms with E-state index in [1.54, 1.807) is 6.54 Å². The van der Waals surface area contributed by atoms with Crippen LogP contribution in [0.25, 0.3) is 0 Å². The van der Waals surface area contributed by atoms with Crippen molar-refractivity contribution in [2.75, 3.05) is 7.11 Å². The monoisotopic (exact) mass is 296 g/mol. The van der Waals surface area contributed by atoms with Gasteiger partial charge in [-0.05, 0) is 0 Å². The fourth-order valence-corrected chi connectivity index (χ4v) is 0.495. The second kappa shape index (κ2) is 15.6. The molecule has 1 N–H and O–H groups in total. The van der Waals surface area contributed by atoms with Crippen LogP contribution >= 0.6 is 0 Å². The molecule has 0 bridgehead atoms. The summed E-state index contributed by atoms with van der Waals surface area (Å²) in [5.74, 6) is -0.230. The number of methoxy groups -OCH3 is 1. The number of ether oxygens (including phenoxy) is 1. The number of esters is 1. The molecule has 0 saturated heterocycles. The normalized spacial score (nSPS) is 8.15. The molecule has 0 atom stereocenters. The number of carbonyl (C=O) groups excluding carboxylic acids is 1. The van der Waals surface area contributed by atoms with Crippen molar-refractivity contribution in [3.05, 3.63) is 19.5 Å². The zero-order valence-electron chi connectivity index (χ0n) is 7.99. The number of hydrogen-bond donors (Lipinski definition) is 1. The second-order valence-electron chi connectivity index (χ2n) is 2.00. The molecule has 0 aromatic rings. The van der Waals surface area contributed by atoms with Gasteiger partial charge in [0.15, 0.2) is 0 Å². The zero-order chi connectivity index (χ0) is 8.53. The average molecular weight is 296 g/mol. The first kappa shape index (κ1) is 19.7. The molecular weight excluding hydrogens is 282 g/mol. The van der Waals surface area contributed by atoms with E-state index in [0.29, 0.717) is 6.42 Å². The Labute approximate surface area is 118 Å². The molecule has 2 radical (unpaired) electrons. The Morgan fingerprint density at radius 2 is 2.08 bits per heavy atom. The van der Waals surface area contributed by atoms with E-state index in [-0.39, 0.29) is 57.2 Å². The first-order valence-corrected chi connectivity index (χ1v) is 3.55. The maximum absolute atomic E-state index is 10.5. The minimum absolute atomic E-state index is 0. The van der Waals surface area contributed by atoms with E-state index in [1.807, 2.05) is 19.9 Å². The molecule has 0 aromatic carbocycles. The summed E-state index contributed by atoms with van der Waals surface area (Å²) < 4.78 is 4.42. The van der Waals surface area contributed by atoms with E-state index in [9.17, 15) is 4.79 Å². The number of carbonyl (C=O) groups is 1. The molecule has 0 aliphatic carbocycles. The van der Waals surface area contributed by atoms with Crippen molar-refractivity contribution in [1.82, 2.24) is 5.32 Å². The smallest absolute Gasteiger partial charge is 0.620 e. The summed E-state index contributed by atoms with van der Waals surface area (Å²) in [5, 5.41) is 2.87. The van der Waals surface area contributed by atoms with Gasteiger partial charge < -0.3 is 29.4 Å². The van der Waals surface area contributed by atoms with Crippen molar-refractivity contribution >= 4 is 5.97 Å². The zero-order valence-corrected chi connectivity index (χ0v) is 12.2. The van der Waals surface area contributed by atoms with Gasteiger partial charge in [-0.2, -0.15) is 6.92 Å². The van der Waals surface area contributed by atoms with E-state index in [1.165, 1.54) is 7.11 Å². The van der Waals surface area contributed by atoms with E-state index in [4.69, 9.17) is 0 Å². The first-order chi connectivity index (χ1) is 5.31. The van der Waals surface area contributed by atoms with Crippen LogP contribution in [0, 0.1) is 19.5 Å². The van der Waals surface area contributed by atoms with Gasteiger partial charge in [0.2, 0.25) is 0 Å². The number of nitrogens with one attached hydrogen (secondary N) is 1. The summed E-state index contributed by atoms with van der Waals surface area (Å²) >= 11 is 0. The molecule has 0 amide bonds. The van der Waals surface area contributed by atoms with Crippen molar-refractivity contribution in [3.63, 3.8) is 0 Å². The molecular formula is C8H14NO2VY-. The predicted octanol–water partition coefficient (Wildman–Crippen LogP) is 1.07. The van der Waals surface area contributed by atoms with Crippen molar-refractivity contribution in [2.45, 2.75) is 19.8 Å². The van der Waals surface area contributed by atoms with Gasteiger partial charge in [0.1, 0.15) is 0 Å². The van der Waals surface area contributed by atoms with Crippen LogP contribution in [0.5, 0.6) is 0 Å². The Morgan fingerprint density at radius 1 is 1.46 bits per heavy atom. The van der Waals surface area contributed by atoms with Crippen molar-refractivity contribution < 1.29 is 60.8 Å². The molecule has 0 heterocycles. The van der Waals surface area contributed by atoms with Crippen molar-refractivity contribution in [3.8, 4) is 0 Å². The number of rotatable bonds is 6. The summed E-state index contributed by atoms with van der Waals surface area (Å²) in [6, 6.07) is 0. The molecule has 0 spiro atoms. The number of unbranched alkanes of at least 4 members (excludes halogenated alkanes) is 1. The minimum atomic E-state index is -0.230. The molecule has 0 aliphatic heterocycles. The van der Waals surface area contributed by atoms with Gasteiger partial charge >= 0.3 is 18.6 Å². The second-order valence-corrected chi connectivity index (χ2v) is 2.00. The average Bonchev–Trinajstić information content (AvgIpc) is 2.04. The van der Waals surface area contributed by atoms with Gasteiger partial charge in [-0.25, -0.2) is 0 Å². The maximum Gasteiger partial charge on any atom is 2.00 e. The summed E-state index contributed by atoms with van der Waals surface area (Å²) in [6.45, 7) is 5.50. The fraction of sp³-hybridized carbons (Fsp3) is 0.500. The standard InChI is InChI=1S/C8H14NO2.V.Y/c1-3-4-6-9-7-5-8(10)11-2;;/h3,6-7,9H,4-5H2,1-2H3;;/q-3;+2;. The minimum Gasteiger partial charge on any atom is -0.620 e. The van der Waals surface area contributed by atoms with Crippen LogP contribution in [0.4, 0.5) is 0 Å². The Bertz CT molecular complexity index is 114. The van der Waals surface area contributed by atoms with Crippen molar-refractivity contribution in [1.29, 1.82) is 0 Å². The van der Waals surface area contributed by atoms with Crippen LogP contribution in [0.15, 0.2) is 0 Å². The summed E-state index contributed by atoms with van der Waals surface area (Å²) in [5.41, 5.74) is 0. The van der Waals surface area contributed by atoms with E-state index >= 15 is 0 Å². The molecule has 0 unspecified atom stereocenters. The molecule has 5 heteroatoms. The third-order valence-electron chi connectivity index (χ3n) is 1.09. The summed E-state index contributed by atoms with van der Waals surface area (Å²) in [4.78, 5) is 10.5. The Morgan fingerprint density at radius 3 is 2.54 bits per heavy atom. The van der Waals surface area contributed by atoms with Gasteiger partial charge in [-0.1, -0.05) is 6.42 Å². The van der Waals surface area contributed by atoms with Gasteiger partial charge in [0.05, 0.1) is 7.11 Å². The SMILES string of the molecule is C[CH-]C[CH-]N[CH-]CC(=O)OC.[V+2].[Y]. The van der Waals surface area contributed by atoms with E-state index in [0.717, 1.165) is 6.42 Å². The molecule has 72 valence electrons. The Kier molecular flexibility index (Phi) is 23.6. The summed E-state index contributed by atoms with van der Waals surface area (Å²) in [6.07, 6.45) is 3.20. The van der Waals surface area contributed by atoms with Crippen LogP contribution < -0.4 is 5.32 Å². The quantitative estimate of drug-likeness (QED) is 0.453. The van der Waals surface area contributed by atoms with Gasteiger partial charge in [0.25, 0.3) is 5.97 Å². The topological polar surface area (TPSA) is 38.3 Å². The van der Waals surface area contributed by atoms with Crippen molar-refractivity contribution in [2.24, 2.45) is 0 Å². The maximum atomic E-state index is 10.5. The third kappa shape index (κ3) is 15.8. The summed E-state index contributed by atoms with van der Waals surface area (Å²) in [7, 11) is 1.37. The fourth-order valence-electron chi connectivity index (χ4n) is 0.495. The predicted molar refractivity (Wildman–Crippen MR) is 43.0 cm³/mol.